The number of aliphatic hydroxyl groups excluding tert-OH is 1. The fourth-order valence-electron chi connectivity index (χ4n) is 2.77. The zero-order valence-electron chi connectivity index (χ0n) is 12.0. The average Bonchev–Trinajstić information content (AvgIpc) is 3.35. The molecule has 1 fully saturated rings. The second kappa shape index (κ2) is 6.11. The van der Waals surface area contributed by atoms with Crippen LogP contribution in [-0.4, -0.2) is 11.2 Å². The Morgan fingerprint density at radius 3 is 2.33 bits per heavy atom. The lowest BCUT2D eigenvalue weighted by atomic mass is 10.1. The Hall–Kier alpha value is -2.12. The van der Waals surface area contributed by atoms with Crippen molar-refractivity contribution in [3.8, 4) is 0 Å². The Kier molecular flexibility index (Phi) is 4.03. The minimum atomic E-state index is -0.366. The fourth-order valence-corrected chi connectivity index (χ4v) is 2.77. The summed E-state index contributed by atoms with van der Waals surface area (Å²) in [5, 5.41) is 10.3. The standard InChI is InChI=1S/C20H20O/c1-2-15-8-10-16(11-9-15)12-13-20(21)19-14-18(19)17-6-4-3-5-7-17/h2-13,18-21H,1,14H2/b13-12+/t18?,19?,20-/m1/s1. The van der Waals surface area contributed by atoms with Gasteiger partial charge in [0.1, 0.15) is 0 Å². The van der Waals surface area contributed by atoms with Gasteiger partial charge in [0, 0.05) is 0 Å². The lowest BCUT2D eigenvalue weighted by Gasteiger charge is -2.05. The number of benzene rings is 2. The van der Waals surface area contributed by atoms with E-state index in [2.05, 4.69) is 30.8 Å². The van der Waals surface area contributed by atoms with Crippen molar-refractivity contribution >= 4 is 12.2 Å². The third kappa shape index (κ3) is 3.32. The van der Waals surface area contributed by atoms with Gasteiger partial charge in [-0.25, -0.2) is 0 Å². The third-order valence-corrected chi connectivity index (χ3v) is 4.16. The molecule has 0 saturated heterocycles. The molecule has 3 rings (SSSR count). The first-order valence-corrected chi connectivity index (χ1v) is 7.41. The average molecular weight is 276 g/mol. The molecular weight excluding hydrogens is 256 g/mol. The van der Waals surface area contributed by atoms with E-state index in [1.807, 2.05) is 48.6 Å². The van der Waals surface area contributed by atoms with Gasteiger partial charge >= 0.3 is 0 Å². The zero-order chi connectivity index (χ0) is 14.7. The molecule has 0 aromatic heterocycles. The molecule has 2 unspecified atom stereocenters. The monoisotopic (exact) mass is 276 g/mol. The minimum Gasteiger partial charge on any atom is -0.389 e. The van der Waals surface area contributed by atoms with Crippen molar-refractivity contribution in [3.05, 3.63) is 83.9 Å². The van der Waals surface area contributed by atoms with Crippen molar-refractivity contribution in [2.75, 3.05) is 0 Å². The summed E-state index contributed by atoms with van der Waals surface area (Å²) in [6, 6.07) is 18.6. The molecule has 0 heterocycles. The Balaban J connectivity index is 1.60. The lowest BCUT2D eigenvalue weighted by Crippen LogP contribution is -2.06. The lowest BCUT2D eigenvalue weighted by molar-refractivity contribution is 0.198. The second-order valence-corrected chi connectivity index (χ2v) is 5.64. The van der Waals surface area contributed by atoms with E-state index in [9.17, 15) is 5.11 Å². The Labute approximate surface area is 126 Å². The molecule has 0 bridgehead atoms. The van der Waals surface area contributed by atoms with E-state index in [0.29, 0.717) is 11.8 Å². The first-order valence-electron chi connectivity index (χ1n) is 7.41. The number of aliphatic hydroxyl groups is 1. The quantitative estimate of drug-likeness (QED) is 0.852. The maximum Gasteiger partial charge on any atom is 0.0758 e. The van der Waals surface area contributed by atoms with E-state index in [-0.39, 0.29) is 6.10 Å². The highest BCUT2D eigenvalue weighted by Crippen LogP contribution is 2.49. The number of hydrogen-bond donors (Lipinski definition) is 1. The number of hydrogen-bond acceptors (Lipinski definition) is 1. The van der Waals surface area contributed by atoms with Crippen LogP contribution in [0.4, 0.5) is 0 Å². The molecule has 2 aromatic rings. The summed E-state index contributed by atoms with van der Waals surface area (Å²) < 4.78 is 0. The van der Waals surface area contributed by atoms with Crippen molar-refractivity contribution in [1.29, 1.82) is 0 Å². The molecule has 1 heteroatoms. The van der Waals surface area contributed by atoms with Crippen LogP contribution in [-0.2, 0) is 0 Å². The van der Waals surface area contributed by atoms with Crippen LogP contribution in [0.25, 0.3) is 12.2 Å². The molecule has 1 nitrogen and oxygen atoms in total. The molecule has 21 heavy (non-hydrogen) atoms. The van der Waals surface area contributed by atoms with E-state index >= 15 is 0 Å². The van der Waals surface area contributed by atoms with Gasteiger partial charge in [-0.2, -0.15) is 0 Å². The zero-order valence-corrected chi connectivity index (χ0v) is 12.0. The van der Waals surface area contributed by atoms with Crippen molar-refractivity contribution < 1.29 is 5.11 Å². The van der Waals surface area contributed by atoms with Gasteiger partial charge in [-0.1, -0.05) is 79.4 Å². The van der Waals surface area contributed by atoms with Gasteiger partial charge in [-0.05, 0) is 34.9 Å². The van der Waals surface area contributed by atoms with Gasteiger partial charge in [-0.15, -0.1) is 0 Å². The van der Waals surface area contributed by atoms with Crippen molar-refractivity contribution in [3.63, 3.8) is 0 Å². The number of rotatable bonds is 5. The van der Waals surface area contributed by atoms with Gasteiger partial charge in [-0.3, -0.25) is 0 Å². The maximum absolute atomic E-state index is 10.3. The van der Waals surface area contributed by atoms with E-state index in [1.165, 1.54) is 5.56 Å². The van der Waals surface area contributed by atoms with Crippen LogP contribution >= 0.6 is 0 Å². The van der Waals surface area contributed by atoms with Gasteiger partial charge in [0.25, 0.3) is 0 Å². The van der Waals surface area contributed by atoms with Gasteiger partial charge in [0.05, 0.1) is 6.10 Å². The molecule has 106 valence electrons. The highest BCUT2D eigenvalue weighted by Gasteiger charge is 2.42. The van der Waals surface area contributed by atoms with Crippen LogP contribution in [0.15, 0.2) is 67.3 Å². The Morgan fingerprint density at radius 1 is 1.00 bits per heavy atom. The van der Waals surface area contributed by atoms with E-state index in [1.54, 1.807) is 0 Å². The summed E-state index contributed by atoms with van der Waals surface area (Å²) in [6.45, 7) is 3.75. The Bertz CT molecular complexity index is 625. The van der Waals surface area contributed by atoms with E-state index in [0.717, 1.165) is 17.5 Å². The fraction of sp³-hybridized carbons (Fsp3) is 0.200. The summed E-state index contributed by atoms with van der Waals surface area (Å²) >= 11 is 0. The maximum atomic E-state index is 10.3. The second-order valence-electron chi connectivity index (χ2n) is 5.64. The van der Waals surface area contributed by atoms with Gasteiger partial charge in [0.15, 0.2) is 0 Å². The SMILES string of the molecule is C=Cc1ccc(/C=C/[C@@H](O)C2CC2c2ccccc2)cc1. The molecule has 1 aliphatic rings. The molecule has 1 N–H and O–H groups in total. The van der Waals surface area contributed by atoms with Crippen LogP contribution in [0.3, 0.4) is 0 Å². The Morgan fingerprint density at radius 2 is 1.67 bits per heavy atom. The van der Waals surface area contributed by atoms with Crippen molar-refractivity contribution in [2.45, 2.75) is 18.4 Å². The highest BCUT2D eigenvalue weighted by atomic mass is 16.3. The van der Waals surface area contributed by atoms with Crippen molar-refractivity contribution in [2.24, 2.45) is 5.92 Å². The molecule has 3 atom stereocenters. The molecule has 1 saturated carbocycles. The minimum absolute atomic E-state index is 0.357. The summed E-state index contributed by atoms with van der Waals surface area (Å²) in [7, 11) is 0. The van der Waals surface area contributed by atoms with E-state index in [4.69, 9.17) is 0 Å². The van der Waals surface area contributed by atoms with Crippen LogP contribution in [0.5, 0.6) is 0 Å². The van der Waals surface area contributed by atoms with Gasteiger partial charge < -0.3 is 5.11 Å². The molecule has 0 aliphatic heterocycles. The molecular formula is C20H20O. The van der Waals surface area contributed by atoms with Crippen LogP contribution < -0.4 is 0 Å². The molecule has 1 aliphatic carbocycles. The summed E-state index contributed by atoms with van der Waals surface area (Å²) in [5.41, 5.74) is 3.56. The first kappa shape index (κ1) is 13.8. The molecule has 2 aromatic carbocycles. The molecule has 0 spiro atoms. The third-order valence-electron chi connectivity index (χ3n) is 4.16. The van der Waals surface area contributed by atoms with Crippen molar-refractivity contribution in [1.82, 2.24) is 0 Å². The largest absolute Gasteiger partial charge is 0.389 e. The predicted octanol–water partition coefficient (Wildman–Crippen LogP) is 4.51. The summed E-state index contributed by atoms with van der Waals surface area (Å²) in [6.07, 6.45) is 6.45. The normalized spacial score (nSPS) is 22.1. The van der Waals surface area contributed by atoms with E-state index < -0.39 is 0 Å². The van der Waals surface area contributed by atoms with Gasteiger partial charge in [0.2, 0.25) is 0 Å². The predicted molar refractivity (Wildman–Crippen MR) is 88.9 cm³/mol. The topological polar surface area (TPSA) is 20.2 Å². The summed E-state index contributed by atoms with van der Waals surface area (Å²) in [5.74, 6) is 0.866. The van der Waals surface area contributed by atoms with Crippen LogP contribution in [0, 0.1) is 5.92 Å². The highest BCUT2D eigenvalue weighted by molar-refractivity contribution is 5.55. The smallest absolute Gasteiger partial charge is 0.0758 e. The van der Waals surface area contributed by atoms with Crippen LogP contribution in [0.2, 0.25) is 0 Å². The summed E-state index contributed by atoms with van der Waals surface area (Å²) in [4.78, 5) is 0. The van der Waals surface area contributed by atoms with Crippen LogP contribution in [0.1, 0.15) is 29.0 Å². The molecule has 0 amide bonds. The molecule has 0 radical (unpaired) electrons. The first-order chi connectivity index (χ1) is 10.3.